The Morgan fingerprint density at radius 1 is 1.06 bits per heavy atom. The molecule has 92 valence electrons. The van der Waals surface area contributed by atoms with E-state index < -0.39 is 0 Å². The number of carbonyl (C=O) groups is 1. The van der Waals surface area contributed by atoms with Gasteiger partial charge in [0.15, 0.2) is 0 Å². The number of carbonyl (C=O) groups excluding carboxylic acids is 1. The molecule has 0 fully saturated rings. The van der Waals surface area contributed by atoms with E-state index >= 15 is 0 Å². The minimum Gasteiger partial charge on any atom is -0.469 e. The Kier molecular flexibility index (Phi) is 6.95. The summed E-state index contributed by atoms with van der Waals surface area (Å²) in [5.74, 6) is -0.0854. The van der Waals surface area contributed by atoms with Crippen molar-refractivity contribution >= 4 is 5.97 Å². The van der Waals surface area contributed by atoms with Crippen molar-refractivity contribution in [2.45, 2.75) is 57.8 Å². The first kappa shape index (κ1) is 13.3. The zero-order chi connectivity index (χ0) is 11.6. The second kappa shape index (κ2) is 8.37. The SMILES string of the molecule is COC(=O)C1/C=C/CCCCCCCCC1. The van der Waals surface area contributed by atoms with Crippen molar-refractivity contribution in [3.05, 3.63) is 12.2 Å². The molecule has 16 heavy (non-hydrogen) atoms. The molecule has 2 heteroatoms. The Balaban J connectivity index is 2.44. The van der Waals surface area contributed by atoms with E-state index in [-0.39, 0.29) is 11.9 Å². The lowest BCUT2D eigenvalue weighted by molar-refractivity contribution is -0.143. The van der Waals surface area contributed by atoms with Crippen LogP contribution in [-0.2, 0) is 9.53 Å². The van der Waals surface area contributed by atoms with E-state index in [9.17, 15) is 4.79 Å². The molecule has 1 rings (SSSR count). The van der Waals surface area contributed by atoms with Crippen LogP contribution in [0.5, 0.6) is 0 Å². The van der Waals surface area contributed by atoms with Crippen LogP contribution in [-0.4, -0.2) is 13.1 Å². The molecule has 0 radical (unpaired) electrons. The Morgan fingerprint density at radius 3 is 2.38 bits per heavy atom. The second-order valence-corrected chi connectivity index (χ2v) is 4.61. The Labute approximate surface area is 99.1 Å². The minimum absolute atomic E-state index is 0.00979. The molecule has 0 aromatic heterocycles. The predicted molar refractivity (Wildman–Crippen MR) is 66.2 cm³/mol. The zero-order valence-electron chi connectivity index (χ0n) is 10.4. The van der Waals surface area contributed by atoms with E-state index in [4.69, 9.17) is 4.74 Å². The van der Waals surface area contributed by atoms with Crippen molar-refractivity contribution in [1.29, 1.82) is 0 Å². The molecule has 0 saturated carbocycles. The van der Waals surface area contributed by atoms with Gasteiger partial charge in [0.1, 0.15) is 0 Å². The highest BCUT2D eigenvalue weighted by atomic mass is 16.5. The molecule has 0 bridgehead atoms. The summed E-state index contributed by atoms with van der Waals surface area (Å²) in [5, 5.41) is 0. The topological polar surface area (TPSA) is 26.3 Å². The molecule has 1 aliphatic carbocycles. The summed E-state index contributed by atoms with van der Waals surface area (Å²) in [5.41, 5.74) is 0. The van der Waals surface area contributed by atoms with Crippen LogP contribution in [0.2, 0.25) is 0 Å². The van der Waals surface area contributed by atoms with Crippen molar-refractivity contribution in [2.24, 2.45) is 5.92 Å². The normalized spacial score (nSPS) is 26.2. The fourth-order valence-electron chi connectivity index (χ4n) is 2.21. The van der Waals surface area contributed by atoms with Crippen LogP contribution < -0.4 is 0 Å². The molecular formula is C14H24O2. The van der Waals surface area contributed by atoms with Gasteiger partial charge >= 0.3 is 5.97 Å². The molecule has 0 N–H and O–H groups in total. The highest BCUT2D eigenvalue weighted by Crippen LogP contribution is 2.17. The lowest BCUT2D eigenvalue weighted by Gasteiger charge is -2.11. The first-order chi connectivity index (χ1) is 7.84. The molecule has 0 aromatic rings. The average molecular weight is 224 g/mol. The third-order valence-corrected chi connectivity index (χ3v) is 3.26. The van der Waals surface area contributed by atoms with Gasteiger partial charge in [-0.1, -0.05) is 50.7 Å². The van der Waals surface area contributed by atoms with Crippen molar-refractivity contribution in [2.75, 3.05) is 7.11 Å². The molecule has 0 aliphatic heterocycles. The van der Waals surface area contributed by atoms with Gasteiger partial charge < -0.3 is 4.74 Å². The standard InChI is InChI=1S/C14H24O2/c1-16-14(15)13-11-9-7-5-3-2-4-6-8-10-12-13/h9,11,13H,2-8,10,12H2,1H3/b11-9+. The quantitative estimate of drug-likeness (QED) is 0.499. The Morgan fingerprint density at radius 2 is 1.69 bits per heavy atom. The fraction of sp³-hybridized carbons (Fsp3) is 0.786. The van der Waals surface area contributed by atoms with Gasteiger partial charge in [0.25, 0.3) is 0 Å². The maximum atomic E-state index is 11.5. The molecular weight excluding hydrogens is 200 g/mol. The number of allylic oxidation sites excluding steroid dienone is 1. The monoisotopic (exact) mass is 224 g/mol. The van der Waals surface area contributed by atoms with Crippen LogP contribution >= 0.6 is 0 Å². The van der Waals surface area contributed by atoms with Crippen LogP contribution in [0.15, 0.2) is 12.2 Å². The second-order valence-electron chi connectivity index (χ2n) is 4.61. The minimum atomic E-state index is -0.0756. The fourth-order valence-corrected chi connectivity index (χ4v) is 2.21. The third kappa shape index (κ3) is 5.34. The first-order valence-corrected chi connectivity index (χ1v) is 6.59. The van der Waals surface area contributed by atoms with Crippen molar-refractivity contribution in [1.82, 2.24) is 0 Å². The summed E-state index contributed by atoms with van der Waals surface area (Å²) in [6, 6.07) is 0. The molecule has 1 unspecified atom stereocenters. The van der Waals surface area contributed by atoms with Crippen molar-refractivity contribution in [3.63, 3.8) is 0 Å². The van der Waals surface area contributed by atoms with Crippen LogP contribution in [0.4, 0.5) is 0 Å². The predicted octanol–water partition coefficient (Wildman–Crippen LogP) is 3.86. The molecule has 0 spiro atoms. The summed E-state index contributed by atoms with van der Waals surface area (Å²) in [6.45, 7) is 0. The smallest absolute Gasteiger partial charge is 0.312 e. The highest BCUT2D eigenvalue weighted by molar-refractivity contribution is 5.74. The Bertz CT molecular complexity index is 221. The number of methoxy groups -OCH3 is 1. The lowest BCUT2D eigenvalue weighted by Crippen LogP contribution is -2.14. The van der Waals surface area contributed by atoms with E-state index in [1.807, 2.05) is 6.08 Å². The molecule has 0 saturated heterocycles. The van der Waals surface area contributed by atoms with Gasteiger partial charge in [0, 0.05) is 0 Å². The molecule has 0 aromatic carbocycles. The zero-order valence-corrected chi connectivity index (χ0v) is 10.4. The van der Waals surface area contributed by atoms with Crippen LogP contribution in [0.1, 0.15) is 57.8 Å². The van der Waals surface area contributed by atoms with E-state index in [0.717, 1.165) is 19.3 Å². The molecule has 0 heterocycles. The van der Waals surface area contributed by atoms with E-state index in [0.29, 0.717) is 0 Å². The van der Waals surface area contributed by atoms with E-state index in [1.54, 1.807) is 0 Å². The van der Waals surface area contributed by atoms with E-state index in [1.165, 1.54) is 45.6 Å². The largest absolute Gasteiger partial charge is 0.469 e. The molecule has 1 aliphatic rings. The van der Waals surface area contributed by atoms with Gasteiger partial charge in [-0.05, 0) is 19.3 Å². The molecule has 2 nitrogen and oxygen atoms in total. The number of esters is 1. The Hall–Kier alpha value is -0.790. The summed E-state index contributed by atoms with van der Waals surface area (Å²) in [6.07, 6.45) is 15.3. The van der Waals surface area contributed by atoms with Gasteiger partial charge in [-0.3, -0.25) is 4.79 Å². The van der Waals surface area contributed by atoms with Crippen molar-refractivity contribution < 1.29 is 9.53 Å². The first-order valence-electron chi connectivity index (χ1n) is 6.59. The van der Waals surface area contributed by atoms with Gasteiger partial charge in [0.05, 0.1) is 13.0 Å². The summed E-state index contributed by atoms with van der Waals surface area (Å²) >= 11 is 0. The maximum Gasteiger partial charge on any atom is 0.312 e. The number of ether oxygens (including phenoxy) is 1. The van der Waals surface area contributed by atoms with Crippen LogP contribution in [0.25, 0.3) is 0 Å². The summed E-state index contributed by atoms with van der Waals surface area (Å²) in [4.78, 5) is 11.5. The van der Waals surface area contributed by atoms with Crippen LogP contribution in [0.3, 0.4) is 0 Å². The van der Waals surface area contributed by atoms with Gasteiger partial charge in [-0.2, -0.15) is 0 Å². The van der Waals surface area contributed by atoms with E-state index in [2.05, 4.69) is 6.08 Å². The lowest BCUT2D eigenvalue weighted by atomic mass is 9.97. The molecule has 0 amide bonds. The van der Waals surface area contributed by atoms with Gasteiger partial charge in [0.2, 0.25) is 0 Å². The maximum absolute atomic E-state index is 11.5. The summed E-state index contributed by atoms with van der Waals surface area (Å²) in [7, 11) is 1.48. The average Bonchev–Trinajstić information content (AvgIpc) is 2.29. The summed E-state index contributed by atoms with van der Waals surface area (Å²) < 4.78 is 4.82. The van der Waals surface area contributed by atoms with Gasteiger partial charge in [-0.25, -0.2) is 0 Å². The third-order valence-electron chi connectivity index (χ3n) is 3.26. The van der Waals surface area contributed by atoms with Gasteiger partial charge in [-0.15, -0.1) is 0 Å². The highest BCUT2D eigenvalue weighted by Gasteiger charge is 2.15. The van der Waals surface area contributed by atoms with Crippen molar-refractivity contribution in [3.8, 4) is 0 Å². The number of hydrogen-bond donors (Lipinski definition) is 0. The number of rotatable bonds is 1. The molecule has 1 atom stereocenters. The van der Waals surface area contributed by atoms with Crippen LogP contribution in [0, 0.1) is 5.92 Å². The number of hydrogen-bond acceptors (Lipinski definition) is 2.